The Morgan fingerprint density at radius 3 is 2.57 bits per heavy atom. The summed E-state index contributed by atoms with van der Waals surface area (Å²) in [4.78, 5) is 16.7. The molecule has 1 fully saturated rings. The first-order valence-corrected chi connectivity index (χ1v) is 10.8. The third-order valence-electron chi connectivity index (χ3n) is 5.01. The van der Waals surface area contributed by atoms with Crippen molar-refractivity contribution in [3.63, 3.8) is 0 Å². The smallest absolute Gasteiger partial charge is 0.325 e. The molecule has 0 amide bonds. The number of nitrogens with zero attached hydrogens (tertiary/aromatic N) is 2. The minimum Gasteiger partial charge on any atom is -0.480 e. The van der Waals surface area contributed by atoms with Crippen molar-refractivity contribution < 1.29 is 22.8 Å². The maximum Gasteiger partial charge on any atom is 0.325 e. The van der Waals surface area contributed by atoms with Crippen molar-refractivity contribution in [1.82, 2.24) is 14.9 Å². The lowest BCUT2D eigenvalue weighted by Crippen LogP contribution is -2.45. The van der Waals surface area contributed by atoms with Gasteiger partial charge in [0.15, 0.2) is 0 Å². The van der Waals surface area contributed by atoms with Crippen molar-refractivity contribution in [2.45, 2.75) is 29.5 Å². The molecule has 146 valence electrons. The molecule has 0 spiro atoms. The number of thiophene rings is 1. The van der Waals surface area contributed by atoms with E-state index in [-0.39, 0.29) is 10.1 Å². The lowest BCUT2D eigenvalue weighted by molar-refractivity contribution is -0.140. The number of hydrogen-bond donors (Lipinski definition) is 2. The Morgan fingerprint density at radius 2 is 1.96 bits per heavy atom. The number of sulfonamides is 1. The summed E-state index contributed by atoms with van der Waals surface area (Å²) >= 11 is 0.956. The minimum absolute atomic E-state index is 0.00325. The Morgan fingerprint density at radius 1 is 1.25 bits per heavy atom. The Hall–Kier alpha value is -2.56. The van der Waals surface area contributed by atoms with Gasteiger partial charge in [-0.25, -0.2) is 8.42 Å². The molecule has 1 aliphatic carbocycles. The first kappa shape index (κ1) is 18.8. The number of benzene rings is 1. The topological polar surface area (TPSA) is 122 Å². The van der Waals surface area contributed by atoms with Gasteiger partial charge in [0.1, 0.15) is 9.75 Å². The van der Waals surface area contributed by atoms with Crippen LogP contribution in [-0.4, -0.2) is 35.2 Å². The highest BCUT2D eigenvalue weighted by Crippen LogP contribution is 2.58. The number of rotatable bonds is 6. The fourth-order valence-electron chi connectivity index (χ4n) is 3.56. The Kier molecular flexibility index (Phi) is 4.36. The molecule has 1 aromatic carbocycles. The predicted molar refractivity (Wildman–Crippen MR) is 101 cm³/mol. The van der Waals surface area contributed by atoms with Crippen LogP contribution in [0, 0.1) is 12.8 Å². The fraction of sp³-hybridized carbons (Fsp3) is 0.278. The molecule has 8 nitrogen and oxygen atoms in total. The molecule has 3 atom stereocenters. The SMILES string of the molecule is Cc1nc(-c2ccc(S(=O)(=O)N[C@@]3(C(=O)O)C(C)[C@@H]3c3ccccc3)s2)no1. The van der Waals surface area contributed by atoms with E-state index in [9.17, 15) is 18.3 Å². The monoisotopic (exact) mass is 419 g/mol. The Bertz CT molecular complexity index is 1140. The number of aliphatic carboxylic acids is 1. The van der Waals surface area contributed by atoms with Crippen LogP contribution in [0.5, 0.6) is 0 Å². The van der Waals surface area contributed by atoms with Crippen LogP contribution in [0.2, 0.25) is 0 Å². The highest BCUT2D eigenvalue weighted by Gasteiger charge is 2.70. The molecule has 0 radical (unpaired) electrons. The fourth-order valence-corrected chi connectivity index (χ4v) is 6.25. The second-order valence-corrected chi connectivity index (χ2v) is 9.71. The largest absolute Gasteiger partial charge is 0.480 e. The maximum atomic E-state index is 12.9. The van der Waals surface area contributed by atoms with Gasteiger partial charge in [-0.05, 0) is 23.6 Å². The first-order valence-electron chi connectivity index (χ1n) is 8.48. The van der Waals surface area contributed by atoms with Crippen LogP contribution in [0.4, 0.5) is 0 Å². The van der Waals surface area contributed by atoms with Gasteiger partial charge in [0.25, 0.3) is 10.0 Å². The summed E-state index contributed by atoms with van der Waals surface area (Å²) in [5.74, 6) is -1.36. The van der Waals surface area contributed by atoms with E-state index in [2.05, 4.69) is 14.9 Å². The van der Waals surface area contributed by atoms with Gasteiger partial charge in [-0.1, -0.05) is 42.4 Å². The average molecular weight is 419 g/mol. The van der Waals surface area contributed by atoms with Crippen molar-refractivity contribution in [3.8, 4) is 10.7 Å². The van der Waals surface area contributed by atoms with Gasteiger partial charge in [0.05, 0.1) is 4.88 Å². The van der Waals surface area contributed by atoms with E-state index in [4.69, 9.17) is 4.52 Å². The highest BCUT2D eigenvalue weighted by atomic mass is 32.2. The standard InChI is InChI=1S/C18H17N3O5S2/c1-10-15(12-6-4-3-5-7-12)18(10,17(22)23)21-28(24,25)14-9-8-13(27-14)16-19-11(2)26-20-16/h3-10,15,21H,1-2H3,(H,22,23)/t10?,15-,18+/m1/s1. The van der Waals surface area contributed by atoms with Crippen LogP contribution in [0.1, 0.15) is 24.3 Å². The molecule has 3 aromatic rings. The van der Waals surface area contributed by atoms with E-state index < -0.39 is 27.4 Å². The van der Waals surface area contributed by atoms with E-state index in [1.807, 2.05) is 18.2 Å². The van der Waals surface area contributed by atoms with Crippen LogP contribution < -0.4 is 4.72 Å². The molecule has 1 unspecified atom stereocenters. The van der Waals surface area contributed by atoms with Crippen LogP contribution in [0.15, 0.2) is 51.2 Å². The summed E-state index contributed by atoms with van der Waals surface area (Å²) in [5.41, 5.74) is -0.790. The molecule has 4 rings (SSSR count). The van der Waals surface area contributed by atoms with Crippen LogP contribution in [0.25, 0.3) is 10.7 Å². The van der Waals surface area contributed by atoms with E-state index in [0.717, 1.165) is 16.9 Å². The van der Waals surface area contributed by atoms with Crippen molar-refractivity contribution in [2.75, 3.05) is 0 Å². The molecular weight excluding hydrogens is 402 g/mol. The quantitative estimate of drug-likeness (QED) is 0.630. The summed E-state index contributed by atoms with van der Waals surface area (Å²) in [5, 5.41) is 13.6. The summed E-state index contributed by atoms with van der Waals surface area (Å²) in [6, 6.07) is 12.0. The lowest BCUT2D eigenvalue weighted by atomic mass is 10.1. The summed E-state index contributed by atoms with van der Waals surface area (Å²) in [6.07, 6.45) is 0. The number of carboxylic acid groups (broad SMARTS) is 1. The summed E-state index contributed by atoms with van der Waals surface area (Å²) < 4.78 is 33.2. The average Bonchev–Trinajstić information content (AvgIpc) is 3.06. The normalized spacial score (nSPS) is 24.2. The molecule has 1 aliphatic rings. The van der Waals surface area contributed by atoms with Crippen molar-refractivity contribution in [1.29, 1.82) is 0 Å². The molecule has 10 heteroatoms. The molecular formula is C18H17N3O5S2. The zero-order chi connectivity index (χ0) is 20.1. The van der Waals surface area contributed by atoms with Crippen molar-refractivity contribution in [3.05, 3.63) is 53.9 Å². The van der Waals surface area contributed by atoms with Gasteiger partial charge in [-0.2, -0.15) is 9.71 Å². The molecule has 2 heterocycles. The molecule has 2 aromatic heterocycles. The molecule has 0 aliphatic heterocycles. The van der Waals surface area contributed by atoms with Crippen molar-refractivity contribution in [2.24, 2.45) is 5.92 Å². The second kappa shape index (κ2) is 6.50. The zero-order valence-corrected chi connectivity index (χ0v) is 16.6. The van der Waals surface area contributed by atoms with E-state index in [1.54, 1.807) is 32.0 Å². The number of aryl methyl sites for hydroxylation is 1. The minimum atomic E-state index is -4.05. The van der Waals surface area contributed by atoms with Gasteiger partial charge in [0.2, 0.25) is 11.7 Å². The van der Waals surface area contributed by atoms with Gasteiger partial charge in [0, 0.05) is 12.8 Å². The van der Waals surface area contributed by atoms with E-state index in [1.165, 1.54) is 6.07 Å². The van der Waals surface area contributed by atoms with Gasteiger partial charge < -0.3 is 9.63 Å². The summed E-state index contributed by atoms with van der Waals surface area (Å²) in [6.45, 7) is 3.37. The van der Waals surface area contributed by atoms with Crippen LogP contribution in [0.3, 0.4) is 0 Å². The van der Waals surface area contributed by atoms with Gasteiger partial charge in [-0.15, -0.1) is 11.3 Å². The Balaban J connectivity index is 1.65. The number of aromatic nitrogens is 2. The van der Waals surface area contributed by atoms with Crippen LogP contribution >= 0.6 is 11.3 Å². The second-order valence-electron chi connectivity index (χ2n) is 6.71. The maximum absolute atomic E-state index is 12.9. The number of carbonyl (C=O) groups is 1. The Labute approximate surface area is 165 Å². The zero-order valence-electron chi connectivity index (χ0n) is 15.0. The molecule has 2 N–H and O–H groups in total. The lowest BCUT2D eigenvalue weighted by Gasteiger charge is -2.15. The summed E-state index contributed by atoms with van der Waals surface area (Å²) in [7, 11) is -4.05. The molecule has 1 saturated carbocycles. The third kappa shape index (κ3) is 2.93. The molecule has 0 bridgehead atoms. The van der Waals surface area contributed by atoms with E-state index in [0.29, 0.717) is 16.6 Å². The first-order chi connectivity index (χ1) is 13.3. The van der Waals surface area contributed by atoms with Crippen LogP contribution in [-0.2, 0) is 14.8 Å². The van der Waals surface area contributed by atoms with Crippen molar-refractivity contribution >= 4 is 27.3 Å². The number of nitrogens with one attached hydrogen (secondary N) is 1. The van der Waals surface area contributed by atoms with Gasteiger partial charge >= 0.3 is 5.97 Å². The number of carboxylic acids is 1. The van der Waals surface area contributed by atoms with Gasteiger partial charge in [-0.3, -0.25) is 4.79 Å². The predicted octanol–water partition coefficient (Wildman–Crippen LogP) is 2.64. The molecule has 28 heavy (non-hydrogen) atoms. The third-order valence-corrected chi connectivity index (χ3v) is 8.07. The van der Waals surface area contributed by atoms with E-state index >= 15 is 0 Å². The highest BCUT2D eigenvalue weighted by molar-refractivity contribution is 7.91. The molecule has 0 saturated heterocycles. The number of hydrogen-bond acceptors (Lipinski definition) is 7.